The van der Waals surface area contributed by atoms with Gasteiger partial charge in [0.05, 0.1) is 12.1 Å². The van der Waals surface area contributed by atoms with Crippen LogP contribution in [0.3, 0.4) is 0 Å². The molecule has 2 aromatic heterocycles. The van der Waals surface area contributed by atoms with Gasteiger partial charge in [0.2, 0.25) is 11.9 Å². The lowest BCUT2D eigenvalue weighted by Gasteiger charge is -2.28. The Morgan fingerprint density at radius 3 is 2.71 bits per heavy atom. The number of halogens is 1. The number of carbonyl (C=O) groups excluding carboxylic acids is 1. The lowest BCUT2D eigenvalue weighted by atomic mass is 9.84. The number of aliphatic hydroxyl groups is 1. The van der Waals surface area contributed by atoms with Crippen LogP contribution >= 0.6 is 11.6 Å². The zero-order valence-electron chi connectivity index (χ0n) is 23.4. The zero-order valence-corrected chi connectivity index (χ0v) is 24.2. The number of nitrogens with one attached hydrogen (secondary N) is 3. The van der Waals surface area contributed by atoms with Gasteiger partial charge in [-0.1, -0.05) is 80.1 Å². The molecule has 0 aliphatic heterocycles. The maximum atomic E-state index is 13.8. The standard InChI is InChI=1S/C32H36ClN7O2/c33-24-11-6-9-22(15-24)19-35-32-38-28(18-29(39-32)40-14-13-34-20-40)36-27(16-21-7-2-1-3-8-21)31(42)37-26-17-23-10-4-5-12-25(23)30(26)41/h4-6,9-15,18,20-21,26-27,30,41H,1-3,7-8,16-17,19H2,(H,37,42)(H2,35,36,38,39)/t26-,27+,30+/m0/s1. The van der Waals surface area contributed by atoms with E-state index >= 15 is 0 Å². The van der Waals surface area contributed by atoms with Gasteiger partial charge in [0.1, 0.15) is 24.0 Å². The molecule has 0 unspecified atom stereocenters. The number of hydrogen-bond acceptors (Lipinski definition) is 7. The Bertz CT molecular complexity index is 1510. The van der Waals surface area contributed by atoms with Crippen LogP contribution in [0, 0.1) is 5.92 Å². The highest BCUT2D eigenvalue weighted by Gasteiger charge is 2.34. The third-order valence-corrected chi connectivity index (χ3v) is 8.51. The van der Waals surface area contributed by atoms with E-state index in [-0.39, 0.29) is 11.9 Å². The summed E-state index contributed by atoms with van der Waals surface area (Å²) in [5, 5.41) is 21.5. The van der Waals surface area contributed by atoms with Crippen LogP contribution in [-0.4, -0.2) is 42.6 Å². The Kier molecular flexibility index (Phi) is 8.67. The van der Waals surface area contributed by atoms with E-state index in [1.54, 1.807) is 17.1 Å². The summed E-state index contributed by atoms with van der Waals surface area (Å²) in [6, 6.07) is 16.4. The van der Waals surface area contributed by atoms with Crippen molar-refractivity contribution in [2.45, 2.75) is 69.7 Å². The van der Waals surface area contributed by atoms with Crippen molar-refractivity contribution in [2.75, 3.05) is 10.6 Å². The van der Waals surface area contributed by atoms with Crippen LogP contribution in [0.1, 0.15) is 61.3 Å². The number of aliphatic hydroxyl groups excluding tert-OH is 1. The molecule has 9 nitrogen and oxygen atoms in total. The average molecular weight is 586 g/mol. The molecule has 2 heterocycles. The number of anilines is 2. The van der Waals surface area contributed by atoms with E-state index in [0.29, 0.717) is 47.9 Å². The molecule has 0 bridgehead atoms. The summed E-state index contributed by atoms with van der Waals surface area (Å²) < 4.78 is 1.81. The van der Waals surface area contributed by atoms with Crippen LogP contribution in [0.4, 0.5) is 11.8 Å². The fraction of sp³-hybridized carbons (Fsp3) is 0.375. The topological polar surface area (TPSA) is 117 Å². The maximum Gasteiger partial charge on any atom is 0.242 e. The number of hydrogen-bond donors (Lipinski definition) is 4. The first kappa shape index (κ1) is 28.2. The van der Waals surface area contributed by atoms with Crippen molar-refractivity contribution in [1.29, 1.82) is 0 Å². The molecule has 2 aliphatic rings. The van der Waals surface area contributed by atoms with E-state index in [4.69, 9.17) is 21.6 Å². The lowest BCUT2D eigenvalue weighted by molar-refractivity contribution is -0.123. The highest BCUT2D eigenvalue weighted by atomic mass is 35.5. The molecular formula is C32H36ClN7O2. The van der Waals surface area contributed by atoms with E-state index in [1.807, 2.05) is 60.8 Å². The average Bonchev–Trinajstić information content (AvgIpc) is 3.65. The second kappa shape index (κ2) is 12.9. The fourth-order valence-corrected chi connectivity index (χ4v) is 6.31. The van der Waals surface area contributed by atoms with E-state index < -0.39 is 12.1 Å². The Hall–Kier alpha value is -3.95. The van der Waals surface area contributed by atoms with Gasteiger partial charge in [0, 0.05) is 30.0 Å². The van der Waals surface area contributed by atoms with Crippen molar-refractivity contribution in [3.63, 3.8) is 0 Å². The summed E-state index contributed by atoms with van der Waals surface area (Å²) in [6.07, 6.45) is 11.6. The van der Waals surface area contributed by atoms with Gasteiger partial charge in [-0.05, 0) is 47.6 Å². The lowest BCUT2D eigenvalue weighted by Crippen LogP contribution is -2.47. The number of amides is 1. The van der Waals surface area contributed by atoms with Crippen molar-refractivity contribution in [2.24, 2.45) is 5.92 Å². The summed E-state index contributed by atoms with van der Waals surface area (Å²) >= 11 is 6.17. The maximum absolute atomic E-state index is 13.8. The second-order valence-corrected chi connectivity index (χ2v) is 11.7. The molecule has 1 fully saturated rings. The Labute approximate surface area is 250 Å². The molecule has 0 spiro atoms. The van der Waals surface area contributed by atoms with Gasteiger partial charge in [-0.2, -0.15) is 9.97 Å². The van der Waals surface area contributed by atoms with Gasteiger partial charge in [0.25, 0.3) is 0 Å². The first-order valence-corrected chi connectivity index (χ1v) is 15.1. The van der Waals surface area contributed by atoms with Gasteiger partial charge in [-0.15, -0.1) is 0 Å². The number of fused-ring (bicyclic) bond motifs is 1. The summed E-state index contributed by atoms with van der Waals surface area (Å²) in [7, 11) is 0. The largest absolute Gasteiger partial charge is 0.386 e. The molecule has 1 saturated carbocycles. The van der Waals surface area contributed by atoms with Crippen LogP contribution in [-0.2, 0) is 17.8 Å². The molecular weight excluding hydrogens is 550 g/mol. The number of carbonyl (C=O) groups is 1. The van der Waals surface area contributed by atoms with Crippen LogP contribution in [0.15, 0.2) is 73.3 Å². The number of rotatable bonds is 10. The molecule has 42 heavy (non-hydrogen) atoms. The zero-order chi connectivity index (χ0) is 28.9. The van der Waals surface area contributed by atoms with E-state index in [2.05, 4.69) is 20.9 Å². The van der Waals surface area contributed by atoms with Crippen molar-refractivity contribution in [1.82, 2.24) is 24.8 Å². The van der Waals surface area contributed by atoms with Crippen LogP contribution < -0.4 is 16.0 Å². The molecule has 4 aromatic rings. The van der Waals surface area contributed by atoms with Crippen LogP contribution in [0.25, 0.3) is 5.82 Å². The van der Waals surface area contributed by atoms with E-state index in [1.165, 1.54) is 19.3 Å². The molecule has 218 valence electrons. The highest BCUT2D eigenvalue weighted by Crippen LogP contribution is 2.32. The van der Waals surface area contributed by atoms with E-state index in [9.17, 15) is 9.90 Å². The summed E-state index contributed by atoms with van der Waals surface area (Å²) in [4.78, 5) is 27.4. The Morgan fingerprint density at radius 2 is 1.93 bits per heavy atom. The minimum Gasteiger partial charge on any atom is -0.386 e. The minimum atomic E-state index is -0.727. The summed E-state index contributed by atoms with van der Waals surface area (Å²) in [6.45, 7) is 0.486. The molecule has 2 aromatic carbocycles. The monoisotopic (exact) mass is 585 g/mol. The van der Waals surface area contributed by atoms with Crippen molar-refractivity contribution in [3.05, 3.63) is 95.0 Å². The minimum absolute atomic E-state index is 0.131. The Morgan fingerprint density at radius 1 is 1.07 bits per heavy atom. The van der Waals surface area contributed by atoms with Gasteiger partial charge < -0.3 is 21.1 Å². The number of benzene rings is 2. The predicted octanol–water partition coefficient (Wildman–Crippen LogP) is 5.45. The molecule has 4 N–H and O–H groups in total. The number of imidazole rings is 1. The number of nitrogens with zero attached hydrogens (tertiary/aromatic N) is 4. The molecule has 6 rings (SSSR count). The summed E-state index contributed by atoms with van der Waals surface area (Å²) in [5.74, 6) is 1.89. The third-order valence-electron chi connectivity index (χ3n) is 8.28. The second-order valence-electron chi connectivity index (χ2n) is 11.3. The summed E-state index contributed by atoms with van der Waals surface area (Å²) in [5.41, 5.74) is 2.96. The van der Waals surface area contributed by atoms with Crippen LogP contribution in [0.2, 0.25) is 5.02 Å². The van der Waals surface area contributed by atoms with Crippen molar-refractivity contribution < 1.29 is 9.90 Å². The number of aromatic nitrogens is 4. The molecule has 1 amide bonds. The molecule has 0 radical (unpaired) electrons. The molecule has 2 aliphatic carbocycles. The van der Waals surface area contributed by atoms with E-state index in [0.717, 1.165) is 29.5 Å². The van der Waals surface area contributed by atoms with Gasteiger partial charge in [0.15, 0.2) is 0 Å². The van der Waals surface area contributed by atoms with Gasteiger partial charge in [-0.25, -0.2) is 4.98 Å². The Balaban J connectivity index is 1.24. The third kappa shape index (κ3) is 6.74. The van der Waals surface area contributed by atoms with Gasteiger partial charge >= 0.3 is 0 Å². The SMILES string of the molecule is O=C(N[C@H]1Cc2ccccc2[C@H]1O)[C@@H](CC1CCCCC1)Nc1cc(-n2ccnc2)nc(NCc2cccc(Cl)c2)n1. The molecule has 0 saturated heterocycles. The predicted molar refractivity (Wildman–Crippen MR) is 164 cm³/mol. The van der Waals surface area contributed by atoms with Crippen LogP contribution in [0.5, 0.6) is 0 Å². The molecule has 10 heteroatoms. The molecule has 3 atom stereocenters. The fourth-order valence-electron chi connectivity index (χ4n) is 6.10. The normalized spacial score (nSPS) is 19.2. The first-order chi connectivity index (χ1) is 20.5. The quantitative estimate of drug-likeness (QED) is 0.195. The van der Waals surface area contributed by atoms with Gasteiger partial charge in [-0.3, -0.25) is 9.36 Å². The smallest absolute Gasteiger partial charge is 0.242 e. The van der Waals surface area contributed by atoms with Crippen molar-refractivity contribution >= 4 is 29.3 Å². The van der Waals surface area contributed by atoms with Crippen molar-refractivity contribution in [3.8, 4) is 5.82 Å². The highest BCUT2D eigenvalue weighted by molar-refractivity contribution is 6.30. The first-order valence-electron chi connectivity index (χ1n) is 14.7.